The summed E-state index contributed by atoms with van der Waals surface area (Å²) in [6, 6.07) is 20.2. The first-order chi connectivity index (χ1) is 19.9. The standard InChI is InChI=1S/C32H30N4O4S/c1-5-35(6-2)31(38)27-20(3)34-32-36(29(27)28-24-10-8-7-9-22(24)13-16-25(28)39-4)30(37)26(41-32)19-21-11-14-23(15-12-21)40-18-17-33/h7-16,19,29H,5-6,18H2,1-4H3/b26-19+/t29-/m1/s1. The van der Waals surface area contributed by atoms with Crippen LogP contribution in [-0.4, -0.2) is 42.2 Å². The fourth-order valence-electron chi connectivity index (χ4n) is 5.21. The number of amides is 1. The Bertz CT molecular complexity index is 1880. The van der Waals surface area contributed by atoms with Crippen molar-refractivity contribution < 1.29 is 14.3 Å². The zero-order valence-corrected chi connectivity index (χ0v) is 24.2. The molecule has 2 heterocycles. The summed E-state index contributed by atoms with van der Waals surface area (Å²) >= 11 is 1.28. The van der Waals surface area contributed by atoms with E-state index in [-0.39, 0.29) is 18.1 Å². The molecule has 0 bridgehead atoms. The van der Waals surface area contributed by atoms with Crippen LogP contribution in [0.5, 0.6) is 11.5 Å². The summed E-state index contributed by atoms with van der Waals surface area (Å²) in [5, 5.41) is 10.6. The van der Waals surface area contributed by atoms with Crippen molar-refractivity contribution in [3.05, 3.63) is 103 Å². The summed E-state index contributed by atoms with van der Waals surface area (Å²) in [5.41, 5.74) is 2.35. The van der Waals surface area contributed by atoms with Gasteiger partial charge in [0, 0.05) is 18.7 Å². The smallest absolute Gasteiger partial charge is 0.271 e. The van der Waals surface area contributed by atoms with E-state index in [9.17, 15) is 9.59 Å². The van der Waals surface area contributed by atoms with E-state index in [1.165, 1.54) is 11.3 Å². The topological polar surface area (TPSA) is 96.9 Å². The van der Waals surface area contributed by atoms with E-state index in [1.807, 2.05) is 75.4 Å². The van der Waals surface area contributed by atoms with Crippen molar-refractivity contribution in [2.45, 2.75) is 26.8 Å². The Labute approximate surface area is 241 Å². The lowest BCUT2D eigenvalue weighted by Gasteiger charge is -2.30. The summed E-state index contributed by atoms with van der Waals surface area (Å²) in [6.07, 6.45) is 1.81. The third-order valence-electron chi connectivity index (χ3n) is 7.21. The maximum absolute atomic E-state index is 14.2. The van der Waals surface area contributed by atoms with Crippen LogP contribution in [0.3, 0.4) is 0 Å². The van der Waals surface area contributed by atoms with Gasteiger partial charge >= 0.3 is 0 Å². The van der Waals surface area contributed by atoms with Gasteiger partial charge in [-0.3, -0.25) is 14.2 Å². The SMILES string of the molecule is CCN(CC)C(=O)C1=C(C)N=c2s/c(=C/c3ccc(OCC#N)cc3)c(=O)n2[C@H]1c1c(OC)ccc2ccccc12. The molecule has 4 aromatic rings. The van der Waals surface area contributed by atoms with Crippen molar-refractivity contribution in [3.8, 4) is 17.6 Å². The molecule has 0 radical (unpaired) electrons. The molecule has 0 unspecified atom stereocenters. The molecule has 3 aromatic carbocycles. The van der Waals surface area contributed by atoms with Crippen LogP contribution in [0.1, 0.15) is 37.9 Å². The molecule has 5 rings (SSSR count). The Balaban J connectivity index is 1.77. The number of hydrogen-bond donors (Lipinski definition) is 0. The van der Waals surface area contributed by atoms with Gasteiger partial charge in [0.1, 0.15) is 23.6 Å². The summed E-state index contributed by atoms with van der Waals surface area (Å²) in [5.74, 6) is 1.01. The van der Waals surface area contributed by atoms with E-state index >= 15 is 0 Å². The summed E-state index contributed by atoms with van der Waals surface area (Å²) in [4.78, 5) is 35.2. The molecule has 0 spiro atoms. The minimum atomic E-state index is -0.732. The molecule has 1 amide bonds. The molecule has 41 heavy (non-hydrogen) atoms. The highest BCUT2D eigenvalue weighted by Gasteiger charge is 2.36. The van der Waals surface area contributed by atoms with E-state index in [1.54, 1.807) is 34.8 Å². The predicted octanol–water partition coefficient (Wildman–Crippen LogP) is 4.17. The number of carbonyl (C=O) groups is 1. The van der Waals surface area contributed by atoms with Crippen LogP contribution in [0, 0.1) is 11.3 Å². The molecule has 0 saturated carbocycles. The number of nitriles is 1. The van der Waals surface area contributed by atoms with Crippen LogP contribution < -0.4 is 24.4 Å². The predicted molar refractivity (Wildman–Crippen MR) is 160 cm³/mol. The van der Waals surface area contributed by atoms with Crippen molar-refractivity contribution >= 4 is 34.1 Å². The quantitative estimate of drug-likeness (QED) is 0.319. The van der Waals surface area contributed by atoms with Gasteiger partial charge in [0.25, 0.3) is 11.5 Å². The number of rotatable bonds is 8. The highest BCUT2D eigenvalue weighted by molar-refractivity contribution is 7.07. The van der Waals surface area contributed by atoms with Crippen LogP contribution in [0.15, 0.2) is 81.7 Å². The van der Waals surface area contributed by atoms with Gasteiger partial charge in [-0.05, 0) is 61.4 Å². The molecular weight excluding hydrogens is 536 g/mol. The first kappa shape index (κ1) is 27.9. The van der Waals surface area contributed by atoms with Gasteiger partial charge in [0.05, 0.1) is 22.9 Å². The van der Waals surface area contributed by atoms with Crippen molar-refractivity contribution in [2.24, 2.45) is 4.99 Å². The largest absolute Gasteiger partial charge is 0.496 e. The van der Waals surface area contributed by atoms with Crippen molar-refractivity contribution in [2.75, 3.05) is 26.8 Å². The Hall–Kier alpha value is -4.68. The molecule has 9 heteroatoms. The number of benzene rings is 3. The van der Waals surface area contributed by atoms with Gasteiger partial charge in [-0.25, -0.2) is 4.99 Å². The fourth-order valence-corrected chi connectivity index (χ4v) is 6.26. The molecule has 0 saturated heterocycles. The van der Waals surface area contributed by atoms with Gasteiger partial charge in [0.15, 0.2) is 11.4 Å². The lowest BCUT2D eigenvalue weighted by molar-refractivity contribution is -0.127. The summed E-state index contributed by atoms with van der Waals surface area (Å²) in [7, 11) is 1.60. The van der Waals surface area contributed by atoms with Crippen molar-refractivity contribution in [1.29, 1.82) is 5.26 Å². The van der Waals surface area contributed by atoms with E-state index in [0.717, 1.165) is 21.9 Å². The van der Waals surface area contributed by atoms with Crippen LogP contribution in [0.25, 0.3) is 16.8 Å². The minimum absolute atomic E-state index is 0.0382. The molecule has 0 N–H and O–H groups in total. The Morgan fingerprint density at radius 3 is 2.54 bits per heavy atom. The third-order valence-corrected chi connectivity index (χ3v) is 8.19. The Morgan fingerprint density at radius 2 is 1.85 bits per heavy atom. The van der Waals surface area contributed by atoms with Gasteiger partial charge in [0.2, 0.25) is 0 Å². The maximum Gasteiger partial charge on any atom is 0.271 e. The molecule has 0 fully saturated rings. The summed E-state index contributed by atoms with van der Waals surface area (Å²) < 4.78 is 13.3. The molecule has 0 aliphatic carbocycles. The normalized spacial score (nSPS) is 14.8. The van der Waals surface area contributed by atoms with E-state index in [4.69, 9.17) is 19.7 Å². The maximum atomic E-state index is 14.2. The van der Waals surface area contributed by atoms with E-state index in [0.29, 0.717) is 45.2 Å². The average molecular weight is 567 g/mol. The number of methoxy groups -OCH3 is 1. The number of thiazole rings is 1. The number of hydrogen-bond acceptors (Lipinski definition) is 7. The Kier molecular flexibility index (Phi) is 8.04. The minimum Gasteiger partial charge on any atom is -0.496 e. The molecule has 208 valence electrons. The molecule has 1 aromatic heterocycles. The Morgan fingerprint density at radius 1 is 1.12 bits per heavy atom. The second-order valence-corrected chi connectivity index (χ2v) is 10.5. The number of allylic oxidation sites excluding steroid dienone is 1. The molecule has 1 aliphatic heterocycles. The molecule has 1 atom stereocenters. The number of ether oxygens (including phenoxy) is 2. The van der Waals surface area contributed by atoms with Gasteiger partial charge < -0.3 is 14.4 Å². The number of likely N-dealkylation sites (N-methyl/N-ethyl adjacent to an activating group) is 1. The average Bonchev–Trinajstić information content (AvgIpc) is 3.29. The zero-order valence-electron chi connectivity index (χ0n) is 23.4. The lowest BCUT2D eigenvalue weighted by atomic mass is 9.90. The van der Waals surface area contributed by atoms with Crippen molar-refractivity contribution in [1.82, 2.24) is 9.47 Å². The number of aromatic nitrogens is 1. The van der Waals surface area contributed by atoms with Gasteiger partial charge in [-0.1, -0.05) is 53.8 Å². The van der Waals surface area contributed by atoms with Crippen LogP contribution >= 0.6 is 11.3 Å². The molecular formula is C32H30N4O4S. The third kappa shape index (κ3) is 5.14. The molecule has 1 aliphatic rings. The van der Waals surface area contributed by atoms with Gasteiger partial charge in [-0.15, -0.1) is 0 Å². The van der Waals surface area contributed by atoms with E-state index < -0.39 is 6.04 Å². The van der Waals surface area contributed by atoms with Gasteiger partial charge in [-0.2, -0.15) is 5.26 Å². The zero-order chi connectivity index (χ0) is 29.1. The first-order valence-corrected chi connectivity index (χ1v) is 14.2. The van der Waals surface area contributed by atoms with Crippen LogP contribution in [0.2, 0.25) is 0 Å². The highest BCUT2D eigenvalue weighted by Crippen LogP contribution is 2.40. The highest BCUT2D eigenvalue weighted by atomic mass is 32.1. The second kappa shape index (κ2) is 11.8. The second-order valence-electron chi connectivity index (χ2n) is 9.48. The number of fused-ring (bicyclic) bond motifs is 2. The lowest BCUT2D eigenvalue weighted by Crippen LogP contribution is -2.43. The van der Waals surface area contributed by atoms with Crippen LogP contribution in [-0.2, 0) is 4.79 Å². The summed E-state index contributed by atoms with van der Waals surface area (Å²) in [6.45, 7) is 6.74. The number of carbonyl (C=O) groups excluding carboxylic acids is 1. The first-order valence-electron chi connectivity index (χ1n) is 13.4. The fraction of sp³-hybridized carbons (Fsp3) is 0.250. The van der Waals surface area contributed by atoms with Crippen LogP contribution in [0.4, 0.5) is 0 Å². The monoisotopic (exact) mass is 566 g/mol. The molecule has 8 nitrogen and oxygen atoms in total. The number of nitrogens with zero attached hydrogens (tertiary/aromatic N) is 4. The van der Waals surface area contributed by atoms with Crippen molar-refractivity contribution in [3.63, 3.8) is 0 Å². The van der Waals surface area contributed by atoms with E-state index in [2.05, 4.69) is 0 Å².